The van der Waals surface area contributed by atoms with E-state index in [1.807, 2.05) is 51.2 Å². The van der Waals surface area contributed by atoms with Gasteiger partial charge in [0.15, 0.2) is 5.78 Å². The third kappa shape index (κ3) is 17.8. The van der Waals surface area contributed by atoms with Gasteiger partial charge in [-0.1, -0.05) is 71.1 Å². The lowest BCUT2D eigenvalue weighted by Gasteiger charge is -2.43. The van der Waals surface area contributed by atoms with E-state index in [0.717, 1.165) is 12.0 Å². The number of cyclic esters (lactones) is 1. The van der Waals surface area contributed by atoms with E-state index in [-0.39, 0.29) is 99.5 Å². The Hall–Kier alpha value is -3.94. The minimum Gasteiger partial charge on any atom is -0.460 e. The van der Waals surface area contributed by atoms with E-state index in [9.17, 15) is 44.1 Å². The summed E-state index contributed by atoms with van der Waals surface area (Å²) >= 11 is 0. The SMILES string of the molecule is CNC(=O)CCCO[C@@H]1C[C@@H]2CC[C@@H](C)[C@@](O)(O2)C(=O)C(=O)N2CCCC[C@H]2C(=O)OC([C@H](C)CC2CC[C@@H](OCCO)[C@H](OC)C2)CC(=O)[C@H](C)/C=C(\C)[C@@H](O)[C@@H](OC)C(=O)[C@H](C)C[C@H](C)/C=C/C=C/C=C/1C. The number of methoxy groups -OCH3 is 2. The van der Waals surface area contributed by atoms with Crippen LogP contribution in [0.2, 0.25) is 0 Å². The largest absolute Gasteiger partial charge is 0.460 e. The van der Waals surface area contributed by atoms with Crippen molar-refractivity contribution in [1.82, 2.24) is 10.2 Å². The van der Waals surface area contributed by atoms with Gasteiger partial charge in [0.1, 0.15) is 30.1 Å². The summed E-state index contributed by atoms with van der Waals surface area (Å²) in [4.78, 5) is 84.7. The van der Waals surface area contributed by atoms with Crippen molar-refractivity contribution < 1.29 is 72.5 Å². The summed E-state index contributed by atoms with van der Waals surface area (Å²) in [7, 11) is 4.57. The zero-order valence-corrected chi connectivity index (χ0v) is 46.0. The van der Waals surface area contributed by atoms with Crippen molar-refractivity contribution in [2.45, 2.75) is 193 Å². The standard InChI is InChI=1S/C57H90N2O15/c1-35-17-12-11-13-18-36(2)47(71-27-16-20-50(62)58-8)33-43-23-21-41(7)57(68,74-43)54(65)55(66)59-25-15-14-19-44(59)56(67)73-48(38(4)31-42-22-24-46(72-28-26-60)49(32-42)69-9)34-45(61)37(3)30-40(6)52(64)53(70-10)51(63)39(5)29-35/h11-13,17-18,30,35,37-39,41-44,46-49,52-53,60,64,68H,14-16,19-29,31-34H2,1-10H3,(H,58,62)/b13-11+,17-12+,36-18+,40-30+/t35-,37-,38-,39-,41-,42?,43+,44+,46-,47-,48?,49-,52-,53+,57-/m1/s1. The van der Waals surface area contributed by atoms with Gasteiger partial charge in [-0.2, -0.15) is 0 Å². The molecule has 4 rings (SSSR count). The van der Waals surface area contributed by atoms with E-state index in [2.05, 4.69) is 5.32 Å². The smallest absolute Gasteiger partial charge is 0.329 e. The van der Waals surface area contributed by atoms with Gasteiger partial charge in [0.2, 0.25) is 11.7 Å². The Morgan fingerprint density at radius 2 is 1.64 bits per heavy atom. The number of piperidine rings is 1. The summed E-state index contributed by atoms with van der Waals surface area (Å²) < 4.78 is 36.2. The molecule has 1 saturated carbocycles. The van der Waals surface area contributed by atoms with Gasteiger partial charge in [0.05, 0.1) is 37.6 Å². The van der Waals surface area contributed by atoms with Crippen molar-refractivity contribution in [1.29, 1.82) is 0 Å². The van der Waals surface area contributed by atoms with Crippen molar-refractivity contribution in [3.63, 3.8) is 0 Å². The van der Waals surface area contributed by atoms with Crippen LogP contribution in [0.1, 0.15) is 138 Å². The molecule has 74 heavy (non-hydrogen) atoms. The molecule has 1 aliphatic carbocycles. The topological polar surface area (TPSA) is 234 Å². The molecule has 4 aliphatic rings. The number of aliphatic hydroxyl groups is 3. The normalized spacial score (nSPS) is 36.9. The van der Waals surface area contributed by atoms with Gasteiger partial charge >= 0.3 is 5.97 Å². The van der Waals surface area contributed by atoms with Gasteiger partial charge < -0.3 is 54.0 Å². The first-order valence-corrected chi connectivity index (χ1v) is 27.2. The quantitative estimate of drug-likeness (QED) is 0.0707. The number of allylic oxidation sites excluding steroid dienone is 6. The number of hydrogen-bond donors (Lipinski definition) is 4. The number of hydrogen-bond acceptors (Lipinski definition) is 15. The molecule has 17 heteroatoms. The third-order valence-electron chi connectivity index (χ3n) is 15.7. The molecule has 0 spiro atoms. The maximum Gasteiger partial charge on any atom is 0.329 e. The summed E-state index contributed by atoms with van der Waals surface area (Å²) in [5.74, 6) is -8.43. The van der Waals surface area contributed by atoms with E-state index in [1.165, 1.54) is 12.0 Å². The van der Waals surface area contributed by atoms with Crippen LogP contribution in [0.15, 0.2) is 47.6 Å². The number of Topliss-reactive ketones (excluding diaryl/α,β-unsaturated/α-hetero) is 3. The number of nitrogens with zero attached hydrogens (tertiary/aromatic N) is 1. The molecule has 0 aromatic carbocycles. The highest BCUT2D eigenvalue weighted by Crippen LogP contribution is 2.38. The van der Waals surface area contributed by atoms with Crippen molar-refractivity contribution in [3.8, 4) is 0 Å². The van der Waals surface area contributed by atoms with Crippen LogP contribution in [0, 0.1) is 35.5 Å². The lowest BCUT2D eigenvalue weighted by atomic mass is 9.78. The van der Waals surface area contributed by atoms with Crippen LogP contribution in [-0.2, 0) is 57.2 Å². The number of fused-ring (bicyclic) bond motifs is 3. The first kappa shape index (κ1) is 62.6. The summed E-state index contributed by atoms with van der Waals surface area (Å²) in [5, 5.41) is 35.7. The van der Waals surface area contributed by atoms with Gasteiger partial charge in [-0.3, -0.25) is 24.0 Å². The molecule has 4 N–H and O–H groups in total. The second-order valence-corrected chi connectivity index (χ2v) is 21.6. The van der Waals surface area contributed by atoms with E-state index in [0.29, 0.717) is 63.4 Å². The Balaban J connectivity index is 1.71. The first-order valence-electron chi connectivity index (χ1n) is 27.2. The van der Waals surface area contributed by atoms with Gasteiger partial charge in [-0.15, -0.1) is 0 Å². The molecule has 2 bridgehead atoms. The Morgan fingerprint density at radius 3 is 2.32 bits per heavy atom. The monoisotopic (exact) mass is 1040 g/mol. The molecule has 3 aliphatic heterocycles. The molecule has 17 nitrogen and oxygen atoms in total. The Morgan fingerprint density at radius 1 is 0.892 bits per heavy atom. The lowest BCUT2D eigenvalue weighted by molar-refractivity contribution is -0.266. The van der Waals surface area contributed by atoms with Crippen molar-refractivity contribution >= 4 is 35.1 Å². The number of ether oxygens (including phenoxy) is 6. The molecule has 0 aromatic rings. The average molecular weight is 1040 g/mol. The number of carbonyl (C=O) groups is 6. The Bertz CT molecular complexity index is 1980. The molecule has 15 atom stereocenters. The maximum absolute atomic E-state index is 14.6. The summed E-state index contributed by atoms with van der Waals surface area (Å²) in [6.07, 6.45) is 12.0. The molecule has 2 amide bonds. The number of amides is 2. The van der Waals surface area contributed by atoms with Gasteiger partial charge in [0.25, 0.3) is 11.7 Å². The molecule has 0 aromatic heterocycles. The fourth-order valence-electron chi connectivity index (χ4n) is 11.0. The van der Waals surface area contributed by atoms with Crippen LogP contribution >= 0.6 is 0 Å². The number of ketones is 3. The molecule has 3 heterocycles. The number of esters is 1. The summed E-state index contributed by atoms with van der Waals surface area (Å²) in [5.41, 5.74) is 1.19. The van der Waals surface area contributed by atoms with E-state index in [4.69, 9.17) is 28.4 Å². The first-order chi connectivity index (χ1) is 35.2. The summed E-state index contributed by atoms with van der Waals surface area (Å²) in [6, 6.07) is -1.18. The highest BCUT2D eigenvalue weighted by Gasteiger charge is 2.53. The number of rotatable bonds is 13. The maximum atomic E-state index is 14.6. The van der Waals surface area contributed by atoms with Crippen LogP contribution < -0.4 is 5.32 Å². The van der Waals surface area contributed by atoms with Crippen LogP contribution in [0.3, 0.4) is 0 Å². The van der Waals surface area contributed by atoms with Crippen LogP contribution in [0.25, 0.3) is 0 Å². The Labute approximate surface area is 440 Å². The zero-order valence-electron chi connectivity index (χ0n) is 46.0. The van der Waals surface area contributed by atoms with Crippen LogP contribution in [0.4, 0.5) is 0 Å². The number of carbonyl (C=O) groups excluding carboxylic acids is 6. The molecule has 0 radical (unpaired) electrons. The molecule has 3 fully saturated rings. The second kappa shape index (κ2) is 30.7. The van der Waals surface area contributed by atoms with Gasteiger partial charge in [0, 0.05) is 71.4 Å². The second-order valence-electron chi connectivity index (χ2n) is 21.6. The van der Waals surface area contributed by atoms with Gasteiger partial charge in [-0.25, -0.2) is 4.79 Å². The molecule has 418 valence electrons. The average Bonchev–Trinajstić information content (AvgIpc) is 3.38. The molecule has 2 unspecified atom stereocenters. The van der Waals surface area contributed by atoms with E-state index >= 15 is 0 Å². The lowest BCUT2D eigenvalue weighted by Crippen LogP contribution is -2.61. The highest BCUT2D eigenvalue weighted by molar-refractivity contribution is 6.39. The molecule has 2 saturated heterocycles. The third-order valence-corrected chi connectivity index (χ3v) is 15.7. The highest BCUT2D eigenvalue weighted by atomic mass is 16.6. The number of aliphatic hydroxyl groups excluding tert-OH is 2. The van der Waals surface area contributed by atoms with E-state index < -0.39 is 77.8 Å². The van der Waals surface area contributed by atoms with Gasteiger partial charge in [-0.05, 0) is 113 Å². The predicted molar refractivity (Wildman–Crippen MR) is 278 cm³/mol. The Kier molecular flexibility index (Phi) is 26.0. The fraction of sp³-hybridized carbons (Fsp3) is 0.754. The zero-order chi connectivity index (χ0) is 54.7. The van der Waals surface area contributed by atoms with Crippen molar-refractivity contribution in [2.75, 3.05) is 47.6 Å². The summed E-state index contributed by atoms with van der Waals surface area (Å²) in [6.45, 7) is 13.0. The van der Waals surface area contributed by atoms with E-state index in [1.54, 1.807) is 47.9 Å². The minimum atomic E-state index is -2.50. The van der Waals surface area contributed by atoms with Crippen molar-refractivity contribution in [2.24, 2.45) is 35.5 Å². The predicted octanol–water partition coefficient (Wildman–Crippen LogP) is 6.09. The molecular formula is C57H90N2O15. The fourth-order valence-corrected chi connectivity index (χ4v) is 11.0. The van der Waals surface area contributed by atoms with Crippen LogP contribution in [0.5, 0.6) is 0 Å². The molecular weight excluding hydrogens is 953 g/mol. The van der Waals surface area contributed by atoms with Crippen LogP contribution in [-0.4, -0.2) is 158 Å². The number of nitrogens with one attached hydrogen (secondary N) is 1. The minimum absolute atomic E-state index is 0.0215. The van der Waals surface area contributed by atoms with Crippen molar-refractivity contribution in [3.05, 3.63) is 47.6 Å².